The van der Waals surface area contributed by atoms with Crippen molar-refractivity contribution >= 4 is 27.5 Å². The molecule has 1 amide bonds. The number of amides is 1. The summed E-state index contributed by atoms with van der Waals surface area (Å²) in [4.78, 5) is 25.0. The van der Waals surface area contributed by atoms with Gasteiger partial charge in [-0.25, -0.2) is 0 Å². The molecule has 1 fully saturated rings. The number of hydrogen-bond donors (Lipinski definition) is 2. The van der Waals surface area contributed by atoms with E-state index in [1.54, 1.807) is 0 Å². The fourth-order valence-corrected chi connectivity index (χ4v) is 3.51. The molecule has 7 heteroatoms. The molecule has 1 heterocycles. The molecule has 0 spiro atoms. The van der Waals surface area contributed by atoms with Gasteiger partial charge in [-0.05, 0) is 18.8 Å². The van der Waals surface area contributed by atoms with Crippen molar-refractivity contribution < 1.29 is 9.72 Å². The molecule has 1 aromatic rings. The van der Waals surface area contributed by atoms with Crippen molar-refractivity contribution in [2.45, 2.75) is 38.1 Å². The van der Waals surface area contributed by atoms with Crippen LogP contribution < -0.4 is 5.32 Å². The first kappa shape index (κ1) is 15.0. The predicted octanol–water partition coefficient (Wildman–Crippen LogP) is 3.00. The number of nitro groups is 1. The molecule has 2 atom stereocenters. The van der Waals surface area contributed by atoms with Crippen molar-refractivity contribution in [3.05, 3.63) is 28.1 Å². The van der Waals surface area contributed by atoms with Gasteiger partial charge in [-0.3, -0.25) is 14.9 Å². The molecule has 0 aromatic carbocycles. The molecule has 2 unspecified atom stereocenters. The van der Waals surface area contributed by atoms with Crippen molar-refractivity contribution in [1.29, 1.82) is 0 Å². The van der Waals surface area contributed by atoms with Crippen molar-refractivity contribution in [1.82, 2.24) is 10.3 Å². The van der Waals surface area contributed by atoms with E-state index < -0.39 is 4.92 Å². The van der Waals surface area contributed by atoms with Gasteiger partial charge in [0.05, 0.1) is 16.7 Å². The summed E-state index contributed by atoms with van der Waals surface area (Å²) in [6, 6.07) is 1.27. The van der Waals surface area contributed by atoms with E-state index in [0.29, 0.717) is 11.2 Å². The molecule has 2 rings (SSSR count). The van der Waals surface area contributed by atoms with Gasteiger partial charge in [0.25, 0.3) is 11.6 Å². The van der Waals surface area contributed by atoms with Gasteiger partial charge in [0.2, 0.25) is 0 Å². The Balaban J connectivity index is 2.10. The van der Waals surface area contributed by atoms with Crippen molar-refractivity contribution in [3.63, 3.8) is 0 Å². The zero-order chi connectivity index (χ0) is 14.8. The van der Waals surface area contributed by atoms with E-state index in [0.717, 1.165) is 19.3 Å². The summed E-state index contributed by atoms with van der Waals surface area (Å²) in [5.74, 6) is 0.284. The van der Waals surface area contributed by atoms with E-state index in [2.05, 4.69) is 33.2 Å². The normalized spacial score (nSPS) is 26.2. The van der Waals surface area contributed by atoms with E-state index in [-0.39, 0.29) is 22.8 Å². The maximum atomic E-state index is 12.2. The van der Waals surface area contributed by atoms with Crippen LogP contribution in [0.3, 0.4) is 0 Å². The number of H-pyrrole nitrogens is 1. The van der Waals surface area contributed by atoms with Gasteiger partial charge in [0.15, 0.2) is 0 Å². The first-order valence-electron chi connectivity index (χ1n) is 6.67. The Kier molecular flexibility index (Phi) is 4.47. The van der Waals surface area contributed by atoms with Gasteiger partial charge >= 0.3 is 0 Å². The Labute approximate surface area is 125 Å². The Morgan fingerprint density at radius 1 is 1.70 bits per heavy atom. The van der Waals surface area contributed by atoms with Gasteiger partial charge < -0.3 is 10.3 Å². The smallest absolute Gasteiger partial charge is 0.287 e. The summed E-state index contributed by atoms with van der Waals surface area (Å²) in [7, 11) is 0. The first-order chi connectivity index (χ1) is 9.46. The number of alkyl halides is 1. The molecule has 1 aliphatic carbocycles. The summed E-state index contributed by atoms with van der Waals surface area (Å²) in [5, 5.41) is 14.4. The maximum Gasteiger partial charge on any atom is 0.287 e. The topological polar surface area (TPSA) is 88.0 Å². The van der Waals surface area contributed by atoms with Crippen molar-refractivity contribution in [2.75, 3.05) is 5.33 Å². The SMILES string of the molecule is CC1CCCC(CBr)(NC(=O)c2cc([N+](=O)[O-])c[nH]2)C1. The number of carbonyl (C=O) groups is 1. The molecule has 1 saturated carbocycles. The van der Waals surface area contributed by atoms with E-state index in [9.17, 15) is 14.9 Å². The lowest BCUT2D eigenvalue weighted by molar-refractivity contribution is -0.384. The van der Waals surface area contributed by atoms with Crippen LogP contribution in [0.1, 0.15) is 43.1 Å². The third kappa shape index (κ3) is 3.20. The number of aromatic amines is 1. The summed E-state index contributed by atoms with van der Waals surface area (Å²) in [6.45, 7) is 2.18. The number of hydrogen-bond acceptors (Lipinski definition) is 3. The molecular weight excluding hydrogens is 326 g/mol. The fourth-order valence-electron chi connectivity index (χ4n) is 2.86. The third-order valence-corrected chi connectivity index (χ3v) is 4.92. The van der Waals surface area contributed by atoms with Gasteiger partial charge in [-0.15, -0.1) is 0 Å². The number of nitrogens with one attached hydrogen (secondary N) is 2. The molecule has 2 N–H and O–H groups in total. The Hall–Kier alpha value is -1.37. The molecule has 0 saturated heterocycles. The van der Waals surface area contributed by atoms with Crippen LogP contribution in [0.2, 0.25) is 0 Å². The molecular formula is C13H18BrN3O3. The quantitative estimate of drug-likeness (QED) is 0.500. The number of nitrogens with zero attached hydrogens (tertiary/aromatic N) is 1. The van der Waals surface area contributed by atoms with Crippen LogP contribution in [0.4, 0.5) is 5.69 Å². The maximum absolute atomic E-state index is 12.2. The highest BCUT2D eigenvalue weighted by Gasteiger charge is 2.36. The van der Waals surface area contributed by atoms with E-state index in [4.69, 9.17) is 0 Å². The Morgan fingerprint density at radius 3 is 3.00 bits per heavy atom. The number of aromatic nitrogens is 1. The molecule has 6 nitrogen and oxygen atoms in total. The van der Waals surface area contributed by atoms with E-state index in [1.165, 1.54) is 18.7 Å². The minimum Gasteiger partial charge on any atom is -0.351 e. The summed E-state index contributed by atoms with van der Waals surface area (Å²) in [6.07, 6.45) is 5.35. The first-order valence-corrected chi connectivity index (χ1v) is 7.79. The second-order valence-corrected chi connectivity index (χ2v) is 6.16. The molecule has 0 bridgehead atoms. The van der Waals surface area contributed by atoms with Crippen LogP contribution >= 0.6 is 15.9 Å². The zero-order valence-electron chi connectivity index (χ0n) is 11.3. The van der Waals surface area contributed by atoms with Gasteiger partial charge in [0, 0.05) is 11.4 Å². The number of rotatable bonds is 4. The van der Waals surface area contributed by atoms with Gasteiger partial charge in [-0.2, -0.15) is 0 Å². The predicted molar refractivity (Wildman–Crippen MR) is 79.1 cm³/mol. The molecule has 1 aliphatic rings. The lowest BCUT2D eigenvalue weighted by Gasteiger charge is -2.39. The monoisotopic (exact) mass is 343 g/mol. The number of halogens is 1. The average molecular weight is 344 g/mol. The van der Waals surface area contributed by atoms with Gasteiger partial charge in [0.1, 0.15) is 5.69 Å². The Bertz CT molecular complexity index is 517. The highest BCUT2D eigenvalue weighted by atomic mass is 79.9. The molecule has 1 aromatic heterocycles. The van der Waals surface area contributed by atoms with Crippen molar-refractivity contribution in [2.24, 2.45) is 5.92 Å². The highest BCUT2D eigenvalue weighted by molar-refractivity contribution is 9.09. The van der Waals surface area contributed by atoms with E-state index in [1.807, 2.05) is 0 Å². The average Bonchev–Trinajstić information content (AvgIpc) is 2.88. The molecule has 110 valence electrons. The van der Waals surface area contributed by atoms with Crippen LogP contribution in [0.5, 0.6) is 0 Å². The van der Waals surface area contributed by atoms with Crippen LogP contribution in [-0.4, -0.2) is 26.7 Å². The van der Waals surface area contributed by atoms with Crippen LogP contribution in [0.25, 0.3) is 0 Å². The minimum atomic E-state index is -0.518. The van der Waals surface area contributed by atoms with Crippen LogP contribution in [0, 0.1) is 16.0 Å². The summed E-state index contributed by atoms with van der Waals surface area (Å²) < 4.78 is 0. The standard InChI is InChI=1S/C13H18BrN3O3/c1-9-3-2-4-13(6-9,8-14)16-12(18)11-5-10(7-15-11)17(19)20/h5,7,9,15H,2-4,6,8H2,1H3,(H,16,18). The van der Waals surface area contributed by atoms with Crippen molar-refractivity contribution in [3.8, 4) is 0 Å². The second kappa shape index (κ2) is 5.95. The Morgan fingerprint density at radius 2 is 2.45 bits per heavy atom. The number of carbonyl (C=O) groups excluding carboxylic acids is 1. The highest BCUT2D eigenvalue weighted by Crippen LogP contribution is 2.33. The largest absolute Gasteiger partial charge is 0.351 e. The lowest BCUT2D eigenvalue weighted by Crippen LogP contribution is -2.52. The zero-order valence-corrected chi connectivity index (χ0v) is 12.9. The fraction of sp³-hybridized carbons (Fsp3) is 0.615. The molecule has 0 aliphatic heterocycles. The summed E-state index contributed by atoms with van der Waals surface area (Å²) in [5.41, 5.74) is -0.121. The molecule has 0 radical (unpaired) electrons. The van der Waals surface area contributed by atoms with Crippen LogP contribution in [-0.2, 0) is 0 Å². The lowest BCUT2D eigenvalue weighted by atomic mass is 9.77. The van der Waals surface area contributed by atoms with Gasteiger partial charge in [-0.1, -0.05) is 35.7 Å². The second-order valence-electron chi connectivity index (χ2n) is 5.60. The summed E-state index contributed by atoms with van der Waals surface area (Å²) >= 11 is 3.49. The van der Waals surface area contributed by atoms with E-state index >= 15 is 0 Å². The third-order valence-electron chi connectivity index (χ3n) is 3.85. The van der Waals surface area contributed by atoms with Crippen LogP contribution in [0.15, 0.2) is 12.3 Å². The minimum absolute atomic E-state index is 0.0972. The molecule has 20 heavy (non-hydrogen) atoms.